The number of benzene rings is 2. The number of para-hydroxylation sites is 1. The maximum atomic E-state index is 12.7. The summed E-state index contributed by atoms with van der Waals surface area (Å²) in [4.78, 5) is 24.9. The summed E-state index contributed by atoms with van der Waals surface area (Å²) in [7, 11) is 0. The summed E-state index contributed by atoms with van der Waals surface area (Å²) in [6.07, 6.45) is -3.20. The highest BCUT2D eigenvalue weighted by molar-refractivity contribution is 6.14. The van der Waals surface area contributed by atoms with E-state index in [4.69, 9.17) is 4.42 Å². The van der Waals surface area contributed by atoms with Gasteiger partial charge in [0.2, 0.25) is 11.7 Å². The van der Waals surface area contributed by atoms with Crippen molar-refractivity contribution in [3.05, 3.63) is 54.3 Å². The second-order valence-electron chi connectivity index (χ2n) is 6.59. The van der Waals surface area contributed by atoms with Crippen LogP contribution in [-0.4, -0.2) is 18.2 Å². The van der Waals surface area contributed by atoms with E-state index in [9.17, 15) is 22.8 Å². The van der Waals surface area contributed by atoms with Gasteiger partial charge in [0.25, 0.3) is 5.91 Å². The quantitative estimate of drug-likeness (QED) is 0.632. The minimum atomic E-state index is -4.80. The van der Waals surface area contributed by atoms with Crippen LogP contribution >= 0.6 is 0 Å². The zero-order valence-corrected chi connectivity index (χ0v) is 14.9. The number of carbonyl (C=O) groups is 2. The minimum absolute atomic E-state index is 0.0687. The summed E-state index contributed by atoms with van der Waals surface area (Å²) in [6.45, 7) is 0. The molecule has 0 bridgehead atoms. The third-order valence-electron chi connectivity index (χ3n) is 4.34. The third-order valence-corrected chi connectivity index (χ3v) is 4.34. The van der Waals surface area contributed by atoms with Crippen LogP contribution in [-0.2, 0) is 4.79 Å². The molecule has 0 radical (unpaired) electrons. The molecule has 150 valence electrons. The first-order valence-corrected chi connectivity index (χ1v) is 8.80. The van der Waals surface area contributed by atoms with Gasteiger partial charge in [-0.25, -0.2) is 0 Å². The zero-order chi connectivity index (χ0) is 20.6. The Labute approximate surface area is 162 Å². The van der Waals surface area contributed by atoms with Crippen LogP contribution in [0, 0.1) is 5.92 Å². The highest BCUT2D eigenvalue weighted by Crippen LogP contribution is 2.35. The van der Waals surface area contributed by atoms with Gasteiger partial charge in [-0.3, -0.25) is 9.59 Å². The van der Waals surface area contributed by atoms with Gasteiger partial charge in [0.1, 0.15) is 17.0 Å². The second kappa shape index (κ2) is 7.16. The van der Waals surface area contributed by atoms with Gasteiger partial charge in [0.15, 0.2) is 0 Å². The maximum Gasteiger partial charge on any atom is 0.573 e. The molecule has 2 amide bonds. The topological polar surface area (TPSA) is 80.6 Å². The molecule has 0 aliphatic heterocycles. The van der Waals surface area contributed by atoms with E-state index in [0.29, 0.717) is 11.0 Å². The van der Waals surface area contributed by atoms with E-state index >= 15 is 0 Å². The number of anilines is 2. The Kier molecular flexibility index (Phi) is 4.65. The van der Waals surface area contributed by atoms with Crippen molar-refractivity contribution >= 4 is 34.2 Å². The van der Waals surface area contributed by atoms with Crippen molar-refractivity contribution in [1.82, 2.24) is 0 Å². The molecule has 3 aromatic rings. The van der Waals surface area contributed by atoms with Gasteiger partial charge in [-0.15, -0.1) is 13.2 Å². The van der Waals surface area contributed by atoms with Crippen LogP contribution in [0.15, 0.2) is 52.9 Å². The largest absolute Gasteiger partial charge is 0.573 e. The van der Waals surface area contributed by atoms with Crippen LogP contribution in [0.4, 0.5) is 24.5 Å². The van der Waals surface area contributed by atoms with Crippen LogP contribution in [0.2, 0.25) is 0 Å². The lowest BCUT2D eigenvalue weighted by molar-refractivity contribution is -0.274. The van der Waals surface area contributed by atoms with Crippen molar-refractivity contribution in [3.63, 3.8) is 0 Å². The summed E-state index contributed by atoms with van der Waals surface area (Å²) in [5.41, 5.74) is 0.939. The Bertz CT molecular complexity index is 1070. The average Bonchev–Trinajstić information content (AvgIpc) is 3.45. The van der Waals surface area contributed by atoms with Crippen molar-refractivity contribution in [1.29, 1.82) is 0 Å². The van der Waals surface area contributed by atoms with E-state index in [-0.39, 0.29) is 29.0 Å². The highest BCUT2D eigenvalue weighted by atomic mass is 19.4. The fraction of sp³-hybridized carbons (Fsp3) is 0.200. The Balaban J connectivity index is 1.57. The average molecular weight is 404 g/mol. The van der Waals surface area contributed by atoms with E-state index in [0.717, 1.165) is 25.0 Å². The molecule has 2 N–H and O–H groups in total. The first kappa shape index (κ1) is 18.9. The standard InChI is InChI=1S/C20H15F3N2O4/c21-20(22,23)29-13-9-7-12(8-10-13)24-19(27)17-16(25-18(26)11-5-6-11)14-3-1-2-4-15(14)28-17/h1-4,7-11H,5-6H2,(H,24,27)(H,25,26). The van der Waals surface area contributed by atoms with Gasteiger partial charge in [-0.2, -0.15) is 0 Å². The van der Waals surface area contributed by atoms with Gasteiger partial charge in [0, 0.05) is 17.0 Å². The lowest BCUT2D eigenvalue weighted by Crippen LogP contribution is -2.18. The van der Waals surface area contributed by atoms with Crippen LogP contribution in [0.1, 0.15) is 23.4 Å². The highest BCUT2D eigenvalue weighted by Gasteiger charge is 2.32. The maximum absolute atomic E-state index is 12.7. The van der Waals surface area contributed by atoms with Crippen molar-refractivity contribution in [2.45, 2.75) is 19.2 Å². The van der Waals surface area contributed by atoms with Crippen LogP contribution in [0.3, 0.4) is 0 Å². The van der Waals surface area contributed by atoms with Gasteiger partial charge < -0.3 is 19.8 Å². The summed E-state index contributed by atoms with van der Waals surface area (Å²) in [5, 5.41) is 5.89. The molecule has 2 aromatic carbocycles. The zero-order valence-electron chi connectivity index (χ0n) is 14.9. The number of hydrogen-bond acceptors (Lipinski definition) is 4. The number of fused-ring (bicyclic) bond motifs is 1. The smallest absolute Gasteiger partial charge is 0.449 e. The fourth-order valence-electron chi connectivity index (χ4n) is 2.83. The molecule has 1 aliphatic rings. The van der Waals surface area contributed by atoms with Crippen molar-refractivity contribution in [2.75, 3.05) is 10.6 Å². The summed E-state index contributed by atoms with van der Waals surface area (Å²) in [6, 6.07) is 11.6. The van der Waals surface area contributed by atoms with Crippen LogP contribution < -0.4 is 15.4 Å². The lowest BCUT2D eigenvalue weighted by Gasteiger charge is -2.10. The van der Waals surface area contributed by atoms with Crippen molar-refractivity contribution < 1.29 is 31.9 Å². The molecule has 29 heavy (non-hydrogen) atoms. The number of halogens is 3. The van der Waals surface area contributed by atoms with Gasteiger partial charge >= 0.3 is 6.36 Å². The molecule has 1 fully saturated rings. The molecule has 4 rings (SSSR count). The van der Waals surface area contributed by atoms with Crippen LogP contribution in [0.5, 0.6) is 5.75 Å². The molecule has 0 saturated heterocycles. The molecule has 9 heteroatoms. The van der Waals surface area contributed by atoms with E-state index in [1.807, 2.05) is 0 Å². The Hall–Kier alpha value is -3.49. The third kappa shape index (κ3) is 4.34. The van der Waals surface area contributed by atoms with Crippen molar-refractivity contribution in [3.8, 4) is 5.75 Å². The monoisotopic (exact) mass is 404 g/mol. The second-order valence-corrected chi connectivity index (χ2v) is 6.59. The van der Waals surface area contributed by atoms with E-state index < -0.39 is 18.0 Å². The Morgan fingerprint density at radius 3 is 2.34 bits per heavy atom. The number of amides is 2. The van der Waals surface area contributed by atoms with Crippen LogP contribution in [0.25, 0.3) is 11.0 Å². The molecular formula is C20H15F3N2O4. The number of ether oxygens (including phenoxy) is 1. The molecule has 0 spiro atoms. The molecule has 1 heterocycles. The molecule has 6 nitrogen and oxygen atoms in total. The van der Waals surface area contributed by atoms with Crippen molar-refractivity contribution in [2.24, 2.45) is 5.92 Å². The number of nitrogens with one attached hydrogen (secondary N) is 2. The Morgan fingerprint density at radius 2 is 1.69 bits per heavy atom. The molecule has 0 unspecified atom stereocenters. The van der Waals surface area contributed by atoms with Gasteiger partial charge in [0.05, 0.1) is 0 Å². The number of hydrogen-bond donors (Lipinski definition) is 2. The van der Waals surface area contributed by atoms with E-state index in [1.54, 1.807) is 24.3 Å². The Morgan fingerprint density at radius 1 is 1.00 bits per heavy atom. The lowest BCUT2D eigenvalue weighted by atomic mass is 10.2. The summed E-state index contributed by atoms with van der Waals surface area (Å²) in [5.74, 6) is -1.38. The summed E-state index contributed by atoms with van der Waals surface area (Å²) >= 11 is 0. The predicted octanol–water partition coefficient (Wildman–Crippen LogP) is 4.93. The number of carbonyl (C=O) groups excluding carboxylic acids is 2. The summed E-state index contributed by atoms with van der Waals surface area (Å²) < 4.78 is 46.2. The normalized spacial score (nSPS) is 13.9. The SMILES string of the molecule is O=C(Nc1ccc(OC(F)(F)F)cc1)c1oc2ccccc2c1NC(=O)C1CC1. The first-order chi connectivity index (χ1) is 13.8. The molecule has 0 atom stereocenters. The molecule has 1 aliphatic carbocycles. The molecule has 1 aromatic heterocycles. The van der Waals surface area contributed by atoms with E-state index in [1.165, 1.54) is 12.1 Å². The van der Waals surface area contributed by atoms with Gasteiger partial charge in [-0.05, 0) is 49.2 Å². The number of alkyl halides is 3. The first-order valence-electron chi connectivity index (χ1n) is 8.80. The minimum Gasteiger partial charge on any atom is -0.449 e. The molecular weight excluding hydrogens is 389 g/mol. The number of furan rings is 1. The fourth-order valence-corrected chi connectivity index (χ4v) is 2.83. The number of rotatable bonds is 5. The molecule has 1 saturated carbocycles. The van der Waals surface area contributed by atoms with Gasteiger partial charge in [-0.1, -0.05) is 12.1 Å². The predicted molar refractivity (Wildman–Crippen MR) is 98.6 cm³/mol. The van der Waals surface area contributed by atoms with E-state index in [2.05, 4.69) is 15.4 Å².